The third-order valence-electron chi connectivity index (χ3n) is 3.11. The number of nitrogens with one attached hydrogen (secondary N) is 1. The molecule has 0 fully saturated rings. The lowest BCUT2D eigenvalue weighted by Gasteiger charge is -2.09. The Bertz CT molecular complexity index is 626. The average molecular weight is 273 g/mol. The normalized spacial score (nSPS) is 10.3. The van der Waals surface area contributed by atoms with Crippen molar-refractivity contribution in [3.8, 4) is 0 Å². The number of hydrogen-bond donors (Lipinski definition) is 2. The first kappa shape index (κ1) is 14.1. The average Bonchev–Trinajstić information content (AvgIpc) is 2.46. The van der Waals surface area contributed by atoms with Crippen molar-refractivity contribution < 1.29 is 14.3 Å². The molecule has 0 aliphatic rings. The molecule has 0 saturated heterocycles. The van der Waals surface area contributed by atoms with Crippen LogP contribution in [-0.4, -0.2) is 11.1 Å². The second-order valence-corrected chi connectivity index (χ2v) is 4.52. The summed E-state index contributed by atoms with van der Waals surface area (Å²) < 4.78 is 13.6. The van der Waals surface area contributed by atoms with Crippen molar-refractivity contribution in [2.45, 2.75) is 19.9 Å². The van der Waals surface area contributed by atoms with Crippen LogP contribution in [0.2, 0.25) is 0 Å². The second kappa shape index (κ2) is 6.19. The van der Waals surface area contributed by atoms with E-state index in [0.717, 1.165) is 12.1 Å². The fourth-order valence-corrected chi connectivity index (χ4v) is 1.94. The van der Waals surface area contributed by atoms with Gasteiger partial charge in [0.15, 0.2) is 0 Å². The smallest absolute Gasteiger partial charge is 0.335 e. The predicted octanol–water partition coefficient (Wildman–Crippen LogP) is 3.70. The van der Waals surface area contributed by atoms with E-state index < -0.39 is 11.8 Å². The lowest BCUT2D eigenvalue weighted by Crippen LogP contribution is -2.05. The molecule has 0 aliphatic heterocycles. The summed E-state index contributed by atoms with van der Waals surface area (Å²) in [6, 6.07) is 11.7. The van der Waals surface area contributed by atoms with Crippen molar-refractivity contribution >= 4 is 11.7 Å². The molecular formula is C16H16FNO2. The first-order valence-electron chi connectivity index (χ1n) is 6.44. The molecule has 0 unspecified atom stereocenters. The number of aromatic carboxylic acids is 1. The molecule has 104 valence electrons. The van der Waals surface area contributed by atoms with E-state index >= 15 is 0 Å². The monoisotopic (exact) mass is 273 g/mol. The van der Waals surface area contributed by atoms with Gasteiger partial charge in [-0.2, -0.15) is 0 Å². The van der Waals surface area contributed by atoms with Gasteiger partial charge in [-0.25, -0.2) is 9.18 Å². The van der Waals surface area contributed by atoms with Gasteiger partial charge >= 0.3 is 5.97 Å². The number of carboxylic acid groups (broad SMARTS) is 1. The van der Waals surface area contributed by atoms with Crippen LogP contribution in [0.3, 0.4) is 0 Å². The Hall–Kier alpha value is -2.36. The minimum Gasteiger partial charge on any atom is -0.478 e. The van der Waals surface area contributed by atoms with Gasteiger partial charge in [-0.1, -0.05) is 19.1 Å². The molecule has 2 rings (SSSR count). The van der Waals surface area contributed by atoms with Gasteiger partial charge in [0.2, 0.25) is 0 Å². The van der Waals surface area contributed by atoms with E-state index in [9.17, 15) is 9.18 Å². The topological polar surface area (TPSA) is 49.3 Å². The zero-order valence-corrected chi connectivity index (χ0v) is 11.2. The van der Waals surface area contributed by atoms with Crippen molar-refractivity contribution in [2.24, 2.45) is 0 Å². The van der Waals surface area contributed by atoms with Crippen LogP contribution in [0, 0.1) is 5.82 Å². The fraction of sp³-hybridized carbons (Fsp3) is 0.188. The standard InChI is InChI=1S/C16H16FNO2/c1-2-11-4-3-5-14(8-11)18-10-13-9-12(16(19)20)6-7-15(13)17/h3-9,18H,2,10H2,1H3,(H,19,20). The highest BCUT2D eigenvalue weighted by Gasteiger charge is 2.08. The molecule has 2 N–H and O–H groups in total. The minimum atomic E-state index is -1.06. The molecule has 0 bridgehead atoms. The number of anilines is 1. The van der Waals surface area contributed by atoms with Gasteiger partial charge in [0, 0.05) is 17.8 Å². The van der Waals surface area contributed by atoms with Gasteiger partial charge in [0.25, 0.3) is 0 Å². The molecule has 0 saturated carbocycles. The maximum atomic E-state index is 13.6. The number of carboxylic acids is 1. The number of rotatable bonds is 5. The summed E-state index contributed by atoms with van der Waals surface area (Å²) in [4.78, 5) is 10.9. The van der Waals surface area contributed by atoms with E-state index in [0.29, 0.717) is 5.56 Å². The third kappa shape index (κ3) is 3.35. The summed E-state index contributed by atoms with van der Waals surface area (Å²) in [7, 11) is 0. The predicted molar refractivity (Wildman–Crippen MR) is 76.5 cm³/mol. The van der Waals surface area contributed by atoms with Crippen LogP contribution in [0.25, 0.3) is 0 Å². The molecule has 0 radical (unpaired) electrons. The van der Waals surface area contributed by atoms with Gasteiger partial charge in [-0.15, -0.1) is 0 Å². The van der Waals surface area contributed by atoms with Gasteiger partial charge in [-0.3, -0.25) is 0 Å². The number of hydrogen-bond acceptors (Lipinski definition) is 2. The van der Waals surface area contributed by atoms with Crippen LogP contribution < -0.4 is 5.32 Å². The Balaban J connectivity index is 2.13. The Morgan fingerprint density at radius 1 is 1.25 bits per heavy atom. The number of carbonyl (C=O) groups is 1. The Labute approximate surface area is 117 Å². The second-order valence-electron chi connectivity index (χ2n) is 4.52. The number of aryl methyl sites for hydroxylation is 1. The van der Waals surface area contributed by atoms with E-state index in [-0.39, 0.29) is 12.1 Å². The summed E-state index contributed by atoms with van der Waals surface area (Å²) in [5.41, 5.74) is 2.51. The van der Waals surface area contributed by atoms with Crippen LogP contribution in [0.15, 0.2) is 42.5 Å². The summed E-state index contributed by atoms with van der Waals surface area (Å²) >= 11 is 0. The molecule has 2 aromatic rings. The first-order valence-corrected chi connectivity index (χ1v) is 6.44. The lowest BCUT2D eigenvalue weighted by molar-refractivity contribution is 0.0696. The lowest BCUT2D eigenvalue weighted by atomic mass is 10.1. The van der Waals surface area contributed by atoms with E-state index in [1.807, 2.05) is 24.3 Å². The van der Waals surface area contributed by atoms with Crippen molar-refractivity contribution in [3.63, 3.8) is 0 Å². The fourth-order valence-electron chi connectivity index (χ4n) is 1.94. The Morgan fingerprint density at radius 2 is 2.05 bits per heavy atom. The van der Waals surface area contributed by atoms with Crippen molar-refractivity contribution in [3.05, 3.63) is 65.0 Å². The van der Waals surface area contributed by atoms with Crippen LogP contribution >= 0.6 is 0 Å². The zero-order valence-electron chi connectivity index (χ0n) is 11.2. The molecule has 0 aromatic heterocycles. The maximum Gasteiger partial charge on any atom is 0.335 e. The summed E-state index contributed by atoms with van der Waals surface area (Å²) in [6.07, 6.45) is 0.929. The Morgan fingerprint density at radius 3 is 2.75 bits per heavy atom. The van der Waals surface area contributed by atoms with Crippen molar-refractivity contribution in [1.29, 1.82) is 0 Å². The molecule has 0 atom stereocenters. The van der Waals surface area contributed by atoms with Crippen LogP contribution in [-0.2, 0) is 13.0 Å². The zero-order chi connectivity index (χ0) is 14.5. The molecule has 2 aromatic carbocycles. The molecule has 4 heteroatoms. The van der Waals surface area contributed by atoms with Gasteiger partial charge in [0.05, 0.1) is 5.56 Å². The highest BCUT2D eigenvalue weighted by Crippen LogP contribution is 2.15. The van der Waals surface area contributed by atoms with E-state index in [1.54, 1.807) is 0 Å². The van der Waals surface area contributed by atoms with E-state index in [1.165, 1.54) is 23.8 Å². The van der Waals surface area contributed by atoms with Crippen LogP contribution in [0.1, 0.15) is 28.4 Å². The number of benzene rings is 2. The van der Waals surface area contributed by atoms with Gasteiger partial charge in [0.1, 0.15) is 5.82 Å². The molecular weight excluding hydrogens is 257 g/mol. The molecule has 20 heavy (non-hydrogen) atoms. The molecule has 0 amide bonds. The van der Waals surface area contributed by atoms with Gasteiger partial charge < -0.3 is 10.4 Å². The van der Waals surface area contributed by atoms with E-state index in [2.05, 4.69) is 12.2 Å². The Kier molecular flexibility index (Phi) is 4.35. The summed E-state index contributed by atoms with van der Waals surface area (Å²) in [5, 5.41) is 12.0. The van der Waals surface area contributed by atoms with Crippen molar-refractivity contribution in [2.75, 3.05) is 5.32 Å². The van der Waals surface area contributed by atoms with Crippen LogP contribution in [0.5, 0.6) is 0 Å². The first-order chi connectivity index (χ1) is 9.60. The summed E-state index contributed by atoms with van der Waals surface area (Å²) in [5.74, 6) is -1.46. The molecule has 3 nitrogen and oxygen atoms in total. The highest BCUT2D eigenvalue weighted by atomic mass is 19.1. The highest BCUT2D eigenvalue weighted by molar-refractivity contribution is 5.87. The molecule has 0 heterocycles. The quantitative estimate of drug-likeness (QED) is 0.873. The third-order valence-corrected chi connectivity index (χ3v) is 3.11. The SMILES string of the molecule is CCc1cccc(NCc2cc(C(=O)O)ccc2F)c1. The number of halogens is 1. The molecule has 0 spiro atoms. The van der Waals surface area contributed by atoms with Gasteiger partial charge in [-0.05, 0) is 42.3 Å². The minimum absolute atomic E-state index is 0.0884. The van der Waals surface area contributed by atoms with Crippen LogP contribution in [0.4, 0.5) is 10.1 Å². The molecule has 0 aliphatic carbocycles. The van der Waals surface area contributed by atoms with Crippen molar-refractivity contribution in [1.82, 2.24) is 0 Å². The largest absolute Gasteiger partial charge is 0.478 e. The maximum absolute atomic E-state index is 13.6. The van der Waals surface area contributed by atoms with E-state index in [4.69, 9.17) is 5.11 Å². The summed E-state index contributed by atoms with van der Waals surface area (Å²) in [6.45, 7) is 2.31.